The first-order valence-electron chi connectivity index (χ1n) is 10.2. The summed E-state index contributed by atoms with van der Waals surface area (Å²) in [6.45, 7) is 5.41. The summed E-state index contributed by atoms with van der Waals surface area (Å²) in [6.07, 6.45) is 2.59. The van der Waals surface area contributed by atoms with Crippen molar-refractivity contribution in [2.75, 3.05) is 0 Å². The van der Waals surface area contributed by atoms with Crippen LogP contribution in [0.3, 0.4) is 0 Å². The van der Waals surface area contributed by atoms with Crippen LogP contribution in [-0.4, -0.2) is 74.6 Å². The van der Waals surface area contributed by atoms with E-state index in [0.29, 0.717) is 25.7 Å². The van der Waals surface area contributed by atoms with Crippen molar-refractivity contribution in [3.8, 4) is 0 Å². The van der Waals surface area contributed by atoms with Gasteiger partial charge in [-0.2, -0.15) is 5.12 Å². The van der Waals surface area contributed by atoms with Crippen molar-refractivity contribution in [1.82, 2.24) is 16.0 Å². The van der Waals surface area contributed by atoms with E-state index >= 15 is 0 Å². The van der Waals surface area contributed by atoms with E-state index in [1.807, 2.05) is 13.8 Å². The highest BCUT2D eigenvalue weighted by molar-refractivity contribution is 5.74. The maximum atomic E-state index is 11.7. The minimum atomic E-state index is -1.33. The lowest BCUT2D eigenvalue weighted by atomic mass is 10.0. The van der Waals surface area contributed by atoms with Crippen molar-refractivity contribution < 1.29 is 29.7 Å². The number of hydrogen-bond donors (Lipinski definition) is 8. The lowest BCUT2D eigenvalue weighted by molar-refractivity contribution is -0.145. The minimum absolute atomic E-state index is 0.0565. The number of carboxylic acids is 3. The van der Waals surface area contributed by atoms with Gasteiger partial charge in [-0.1, -0.05) is 33.1 Å². The molecule has 30 heavy (non-hydrogen) atoms. The Hall–Kier alpha value is -1.83. The molecule has 0 aliphatic heterocycles. The Morgan fingerprint density at radius 3 is 1.90 bits per heavy atom. The first-order chi connectivity index (χ1) is 14.0. The van der Waals surface area contributed by atoms with Crippen molar-refractivity contribution in [2.24, 2.45) is 17.2 Å². The van der Waals surface area contributed by atoms with E-state index in [9.17, 15) is 24.6 Å². The summed E-state index contributed by atoms with van der Waals surface area (Å²) in [6, 6.07) is -5.60. The van der Waals surface area contributed by atoms with E-state index in [4.69, 9.17) is 22.3 Å². The average Bonchev–Trinajstić information content (AvgIpc) is 2.66. The lowest BCUT2D eigenvalue weighted by Gasteiger charge is -2.39. The fourth-order valence-electron chi connectivity index (χ4n) is 2.92. The number of carbonyl (C=O) groups is 3. The number of aliphatic carboxylic acids is 3. The zero-order chi connectivity index (χ0) is 23.4. The van der Waals surface area contributed by atoms with Crippen LogP contribution in [0.25, 0.3) is 0 Å². The van der Waals surface area contributed by atoms with Crippen molar-refractivity contribution in [2.45, 2.75) is 95.5 Å². The highest BCUT2D eigenvalue weighted by Crippen LogP contribution is 2.12. The standard InChI is InChI=1S/C18H38N6O6/c1-4-6-8-12(17(27)28)22-24(14(7-5-2)15(21)18(29)30)23-13(10(3)19)9-11(20)16(25)26/h10-15,22-23H,4-9,19-21H2,1-3H3,(H,25,26)(H,27,28)(H,29,30)/t10?,11-,12-,13?,14?,15-/m0/s1. The number of rotatable bonds is 17. The molecular formula is C18H38N6O6. The number of hydrogen-bond acceptors (Lipinski definition) is 9. The molecule has 0 amide bonds. The van der Waals surface area contributed by atoms with Gasteiger partial charge in [-0.25, -0.2) is 10.9 Å². The van der Waals surface area contributed by atoms with Gasteiger partial charge in [-0.15, -0.1) is 0 Å². The predicted molar refractivity (Wildman–Crippen MR) is 111 cm³/mol. The molecule has 0 radical (unpaired) electrons. The second-order valence-corrected chi connectivity index (χ2v) is 7.53. The first kappa shape index (κ1) is 28.2. The van der Waals surface area contributed by atoms with Gasteiger partial charge in [0.1, 0.15) is 18.1 Å². The van der Waals surface area contributed by atoms with Gasteiger partial charge in [0.15, 0.2) is 0 Å². The Balaban J connectivity index is 5.87. The van der Waals surface area contributed by atoms with Gasteiger partial charge >= 0.3 is 17.9 Å². The molecule has 11 N–H and O–H groups in total. The van der Waals surface area contributed by atoms with E-state index in [0.717, 1.165) is 6.42 Å². The summed E-state index contributed by atoms with van der Waals surface area (Å²) in [5.41, 5.74) is 23.3. The molecule has 12 heteroatoms. The van der Waals surface area contributed by atoms with E-state index in [1.54, 1.807) is 6.92 Å². The molecule has 0 aromatic carbocycles. The fourth-order valence-corrected chi connectivity index (χ4v) is 2.92. The van der Waals surface area contributed by atoms with Gasteiger partial charge < -0.3 is 32.5 Å². The molecule has 0 aliphatic carbocycles. The largest absolute Gasteiger partial charge is 0.480 e. The van der Waals surface area contributed by atoms with Crippen LogP contribution in [0.15, 0.2) is 0 Å². The normalized spacial score (nSPS) is 17.7. The van der Waals surface area contributed by atoms with Gasteiger partial charge in [0.05, 0.1) is 6.04 Å². The van der Waals surface area contributed by atoms with Gasteiger partial charge in [0.25, 0.3) is 0 Å². The molecule has 0 aromatic rings. The molecular weight excluding hydrogens is 396 g/mol. The van der Waals surface area contributed by atoms with Crippen LogP contribution in [-0.2, 0) is 14.4 Å². The van der Waals surface area contributed by atoms with Gasteiger partial charge in [-0.05, 0) is 26.2 Å². The summed E-state index contributed by atoms with van der Waals surface area (Å²) in [5.74, 6) is -3.56. The van der Waals surface area contributed by atoms with E-state index < -0.39 is 54.2 Å². The van der Waals surface area contributed by atoms with E-state index in [-0.39, 0.29) is 6.42 Å². The summed E-state index contributed by atoms with van der Waals surface area (Å²) in [4.78, 5) is 34.4. The highest BCUT2D eigenvalue weighted by atomic mass is 16.4. The third-order valence-corrected chi connectivity index (χ3v) is 4.82. The number of nitrogens with two attached hydrogens (primary N) is 3. The monoisotopic (exact) mass is 434 g/mol. The Labute approximate surface area is 177 Å². The number of hydrazine groups is 2. The molecule has 3 unspecified atom stereocenters. The zero-order valence-electron chi connectivity index (χ0n) is 18.0. The molecule has 0 heterocycles. The SMILES string of the molecule is CCCC[C@H](NN(NC(C[C@H](N)C(=O)O)C(C)N)C(CCC)[C@H](N)C(=O)O)C(=O)O. The predicted octanol–water partition coefficient (Wildman–Crippen LogP) is -0.961. The summed E-state index contributed by atoms with van der Waals surface area (Å²) in [5, 5.41) is 29.4. The fraction of sp³-hybridized carbons (Fsp3) is 0.833. The van der Waals surface area contributed by atoms with Crippen LogP contribution in [0.2, 0.25) is 0 Å². The number of carboxylic acid groups (broad SMARTS) is 3. The zero-order valence-corrected chi connectivity index (χ0v) is 18.0. The second-order valence-electron chi connectivity index (χ2n) is 7.53. The average molecular weight is 435 g/mol. The minimum Gasteiger partial charge on any atom is -0.480 e. The van der Waals surface area contributed by atoms with Crippen LogP contribution in [0.5, 0.6) is 0 Å². The summed E-state index contributed by atoms with van der Waals surface area (Å²) >= 11 is 0. The Bertz CT molecular complexity index is 549. The number of nitrogens with zero attached hydrogens (tertiary/aromatic N) is 1. The highest BCUT2D eigenvalue weighted by Gasteiger charge is 2.34. The van der Waals surface area contributed by atoms with E-state index in [1.165, 1.54) is 5.12 Å². The van der Waals surface area contributed by atoms with Crippen LogP contribution in [0.4, 0.5) is 0 Å². The van der Waals surface area contributed by atoms with Crippen LogP contribution in [0.1, 0.15) is 59.3 Å². The molecule has 0 saturated carbocycles. The van der Waals surface area contributed by atoms with Gasteiger partial charge in [0.2, 0.25) is 0 Å². The molecule has 12 nitrogen and oxygen atoms in total. The molecule has 0 saturated heterocycles. The first-order valence-corrected chi connectivity index (χ1v) is 10.2. The molecule has 0 spiro atoms. The Kier molecular flexibility index (Phi) is 13.4. The van der Waals surface area contributed by atoms with Crippen LogP contribution >= 0.6 is 0 Å². The molecule has 6 atom stereocenters. The number of unbranched alkanes of at least 4 members (excludes halogenated alkanes) is 1. The van der Waals surface area contributed by atoms with Gasteiger partial charge in [0, 0.05) is 12.1 Å². The Morgan fingerprint density at radius 2 is 1.50 bits per heavy atom. The van der Waals surface area contributed by atoms with Gasteiger partial charge in [-0.3, -0.25) is 14.4 Å². The molecule has 0 fully saturated rings. The summed E-state index contributed by atoms with van der Waals surface area (Å²) in [7, 11) is 0. The third-order valence-electron chi connectivity index (χ3n) is 4.82. The maximum absolute atomic E-state index is 11.7. The van der Waals surface area contributed by atoms with Crippen molar-refractivity contribution in [1.29, 1.82) is 0 Å². The maximum Gasteiger partial charge on any atom is 0.322 e. The van der Waals surface area contributed by atoms with Crippen LogP contribution in [0, 0.1) is 0 Å². The van der Waals surface area contributed by atoms with Crippen molar-refractivity contribution >= 4 is 17.9 Å². The third kappa shape index (κ3) is 9.78. The molecule has 0 aromatic heterocycles. The lowest BCUT2D eigenvalue weighted by Crippen LogP contribution is -2.68. The van der Waals surface area contributed by atoms with Crippen molar-refractivity contribution in [3.63, 3.8) is 0 Å². The molecule has 0 aliphatic rings. The topological polar surface area (TPSA) is 217 Å². The molecule has 176 valence electrons. The smallest absolute Gasteiger partial charge is 0.322 e. The second kappa shape index (κ2) is 14.2. The molecule has 0 rings (SSSR count). The number of nitrogens with one attached hydrogen (secondary N) is 2. The molecule has 0 bridgehead atoms. The quantitative estimate of drug-likeness (QED) is 0.130. The van der Waals surface area contributed by atoms with Crippen molar-refractivity contribution in [3.05, 3.63) is 0 Å². The summed E-state index contributed by atoms with van der Waals surface area (Å²) < 4.78 is 0. The Morgan fingerprint density at radius 1 is 0.900 bits per heavy atom. The van der Waals surface area contributed by atoms with Crippen LogP contribution < -0.4 is 28.1 Å². The van der Waals surface area contributed by atoms with E-state index in [2.05, 4.69) is 10.9 Å².